The van der Waals surface area contributed by atoms with Crippen LogP contribution in [0.2, 0.25) is 0 Å². The van der Waals surface area contributed by atoms with Gasteiger partial charge < -0.3 is 5.32 Å². The van der Waals surface area contributed by atoms with Gasteiger partial charge in [-0.2, -0.15) is 0 Å². The lowest BCUT2D eigenvalue weighted by Gasteiger charge is -2.28. The van der Waals surface area contributed by atoms with Crippen molar-refractivity contribution >= 4 is 0 Å². The lowest BCUT2D eigenvalue weighted by Crippen LogP contribution is -2.27. The third-order valence-electron chi connectivity index (χ3n) is 3.81. The number of hydrogen-bond acceptors (Lipinski definition) is 1. The fourth-order valence-electron chi connectivity index (χ4n) is 2.69. The van der Waals surface area contributed by atoms with Gasteiger partial charge in [0.1, 0.15) is 0 Å². The monoisotopic (exact) mass is 211 g/mol. The van der Waals surface area contributed by atoms with Crippen molar-refractivity contribution in [1.82, 2.24) is 5.32 Å². The van der Waals surface area contributed by atoms with Crippen molar-refractivity contribution in [2.24, 2.45) is 10.8 Å². The summed E-state index contributed by atoms with van der Waals surface area (Å²) in [5.41, 5.74) is 1.11. The minimum absolute atomic E-state index is 0.499. The van der Waals surface area contributed by atoms with E-state index >= 15 is 0 Å². The highest BCUT2D eigenvalue weighted by molar-refractivity contribution is 4.89. The van der Waals surface area contributed by atoms with Crippen molar-refractivity contribution in [3.05, 3.63) is 0 Å². The lowest BCUT2D eigenvalue weighted by atomic mass is 9.78. The third kappa shape index (κ3) is 4.55. The molecule has 1 nitrogen and oxygen atoms in total. The summed E-state index contributed by atoms with van der Waals surface area (Å²) in [6, 6.07) is 0.792. The van der Waals surface area contributed by atoms with Crippen molar-refractivity contribution in [2.45, 2.75) is 72.8 Å². The van der Waals surface area contributed by atoms with E-state index in [1.54, 1.807) is 0 Å². The molecule has 0 amide bonds. The molecule has 15 heavy (non-hydrogen) atoms. The summed E-state index contributed by atoms with van der Waals surface area (Å²) in [7, 11) is 0. The van der Waals surface area contributed by atoms with Crippen molar-refractivity contribution in [3.63, 3.8) is 0 Å². The van der Waals surface area contributed by atoms with Crippen molar-refractivity contribution < 1.29 is 0 Å². The molecule has 2 unspecified atom stereocenters. The molecule has 0 saturated heterocycles. The van der Waals surface area contributed by atoms with Gasteiger partial charge in [0.15, 0.2) is 0 Å². The van der Waals surface area contributed by atoms with Crippen molar-refractivity contribution in [3.8, 4) is 0 Å². The Balaban J connectivity index is 2.35. The van der Waals surface area contributed by atoms with Gasteiger partial charge in [-0.1, -0.05) is 34.6 Å². The van der Waals surface area contributed by atoms with Crippen molar-refractivity contribution in [1.29, 1.82) is 0 Å². The molecule has 1 rings (SSSR count). The molecule has 0 heterocycles. The second-order valence-electron chi connectivity index (χ2n) is 6.87. The summed E-state index contributed by atoms with van der Waals surface area (Å²) in [6.45, 7) is 12.9. The van der Waals surface area contributed by atoms with E-state index in [2.05, 4.69) is 39.9 Å². The van der Waals surface area contributed by atoms with E-state index in [4.69, 9.17) is 0 Å². The quantitative estimate of drug-likeness (QED) is 0.741. The van der Waals surface area contributed by atoms with Gasteiger partial charge in [0.25, 0.3) is 0 Å². The van der Waals surface area contributed by atoms with Gasteiger partial charge in [-0.3, -0.25) is 0 Å². The van der Waals surface area contributed by atoms with Crippen molar-refractivity contribution in [2.75, 3.05) is 6.54 Å². The Labute approximate surface area is 96.0 Å². The molecule has 2 atom stereocenters. The molecule has 90 valence electrons. The maximum Gasteiger partial charge on any atom is 0.00723 e. The van der Waals surface area contributed by atoms with Gasteiger partial charge in [0.05, 0.1) is 0 Å². The van der Waals surface area contributed by atoms with Gasteiger partial charge in [-0.25, -0.2) is 0 Å². The fourth-order valence-corrected chi connectivity index (χ4v) is 2.69. The summed E-state index contributed by atoms with van der Waals surface area (Å²) < 4.78 is 0. The smallest absolute Gasteiger partial charge is 0.00723 e. The molecule has 0 radical (unpaired) electrons. The van der Waals surface area contributed by atoms with Gasteiger partial charge in [0.2, 0.25) is 0 Å². The molecule has 0 spiro atoms. The van der Waals surface area contributed by atoms with Crippen LogP contribution in [0.4, 0.5) is 0 Å². The number of rotatable bonds is 4. The zero-order valence-corrected chi connectivity index (χ0v) is 11.3. The summed E-state index contributed by atoms with van der Waals surface area (Å²) >= 11 is 0. The summed E-state index contributed by atoms with van der Waals surface area (Å²) in [6.07, 6.45) is 6.95. The highest BCUT2D eigenvalue weighted by Crippen LogP contribution is 2.43. The van der Waals surface area contributed by atoms with E-state index < -0.39 is 0 Å². The van der Waals surface area contributed by atoms with Crippen LogP contribution >= 0.6 is 0 Å². The van der Waals surface area contributed by atoms with Gasteiger partial charge in [-0.15, -0.1) is 0 Å². The van der Waals surface area contributed by atoms with E-state index in [1.807, 2.05) is 0 Å². The molecule has 1 aliphatic carbocycles. The Morgan fingerprint density at radius 2 is 2.00 bits per heavy atom. The summed E-state index contributed by atoms with van der Waals surface area (Å²) in [5.74, 6) is 0. The minimum atomic E-state index is 0.499. The zero-order valence-electron chi connectivity index (χ0n) is 11.3. The minimum Gasteiger partial charge on any atom is -0.314 e. The Bertz CT molecular complexity index is 192. The van der Waals surface area contributed by atoms with Crippen LogP contribution in [0.1, 0.15) is 66.7 Å². The maximum atomic E-state index is 3.60. The highest BCUT2D eigenvalue weighted by Gasteiger charge is 2.34. The van der Waals surface area contributed by atoms with Crippen LogP contribution in [-0.2, 0) is 0 Å². The SMILES string of the molecule is CCNC1CCC(C)(CCC(C)(C)C)C1. The first-order valence-corrected chi connectivity index (χ1v) is 6.58. The average Bonchev–Trinajstić information content (AvgIpc) is 2.45. The average molecular weight is 211 g/mol. The van der Waals surface area contributed by atoms with E-state index in [0.717, 1.165) is 12.6 Å². The van der Waals surface area contributed by atoms with Crippen LogP contribution in [0.5, 0.6) is 0 Å². The molecule has 0 bridgehead atoms. The number of hydrogen-bond donors (Lipinski definition) is 1. The van der Waals surface area contributed by atoms with Gasteiger partial charge in [-0.05, 0) is 49.5 Å². The Kier molecular flexibility index (Phi) is 4.22. The molecule has 1 N–H and O–H groups in total. The molecular formula is C14H29N. The summed E-state index contributed by atoms with van der Waals surface area (Å²) in [4.78, 5) is 0. The molecule has 1 fully saturated rings. The molecule has 0 aromatic carbocycles. The lowest BCUT2D eigenvalue weighted by molar-refractivity contribution is 0.235. The van der Waals surface area contributed by atoms with Crippen LogP contribution in [0.3, 0.4) is 0 Å². The first kappa shape index (κ1) is 13.0. The maximum absolute atomic E-state index is 3.60. The standard InChI is InChI=1S/C14H29N/c1-6-15-12-7-8-14(5,11-12)10-9-13(2,3)4/h12,15H,6-11H2,1-5H3. The first-order chi connectivity index (χ1) is 6.85. The van der Waals surface area contributed by atoms with E-state index in [1.165, 1.54) is 32.1 Å². The molecule has 1 saturated carbocycles. The van der Waals surface area contributed by atoms with Crippen LogP contribution in [-0.4, -0.2) is 12.6 Å². The normalized spacial score (nSPS) is 32.2. The molecule has 1 heteroatoms. The highest BCUT2D eigenvalue weighted by atomic mass is 14.9. The topological polar surface area (TPSA) is 12.0 Å². The van der Waals surface area contributed by atoms with Gasteiger partial charge >= 0.3 is 0 Å². The zero-order chi connectivity index (χ0) is 11.5. The van der Waals surface area contributed by atoms with Crippen LogP contribution in [0.15, 0.2) is 0 Å². The Morgan fingerprint density at radius 3 is 2.53 bits per heavy atom. The van der Waals surface area contributed by atoms with Crippen LogP contribution < -0.4 is 5.32 Å². The summed E-state index contributed by atoms with van der Waals surface area (Å²) in [5, 5.41) is 3.60. The predicted molar refractivity (Wildman–Crippen MR) is 68.1 cm³/mol. The fraction of sp³-hybridized carbons (Fsp3) is 1.00. The largest absolute Gasteiger partial charge is 0.314 e. The molecular weight excluding hydrogens is 182 g/mol. The first-order valence-electron chi connectivity index (χ1n) is 6.58. The van der Waals surface area contributed by atoms with E-state index in [0.29, 0.717) is 10.8 Å². The second kappa shape index (κ2) is 4.86. The molecule has 1 aliphatic rings. The predicted octanol–water partition coefficient (Wildman–Crippen LogP) is 3.98. The second-order valence-corrected chi connectivity index (χ2v) is 6.87. The molecule has 0 aliphatic heterocycles. The van der Waals surface area contributed by atoms with Gasteiger partial charge in [0, 0.05) is 6.04 Å². The Hall–Kier alpha value is -0.0400. The number of nitrogens with one attached hydrogen (secondary N) is 1. The Morgan fingerprint density at radius 1 is 1.33 bits per heavy atom. The van der Waals surface area contributed by atoms with E-state index in [-0.39, 0.29) is 0 Å². The molecule has 0 aromatic rings. The van der Waals surface area contributed by atoms with Crippen LogP contribution in [0, 0.1) is 10.8 Å². The molecule has 0 aromatic heterocycles. The third-order valence-corrected chi connectivity index (χ3v) is 3.81. The van der Waals surface area contributed by atoms with Crippen LogP contribution in [0.25, 0.3) is 0 Å². The van der Waals surface area contributed by atoms with E-state index in [9.17, 15) is 0 Å².